The molecule has 2 unspecified atom stereocenters. The van der Waals surface area contributed by atoms with Gasteiger partial charge in [-0.25, -0.2) is 0 Å². The van der Waals surface area contributed by atoms with E-state index < -0.39 is 12.1 Å². The fourth-order valence-electron chi connectivity index (χ4n) is 11.2. The van der Waals surface area contributed by atoms with E-state index in [9.17, 15) is 19.8 Å². The normalized spacial score (nSPS) is 12.5. The molecule has 0 aliphatic carbocycles. The van der Waals surface area contributed by atoms with Gasteiger partial charge in [0.25, 0.3) is 0 Å². The third-order valence-corrected chi connectivity index (χ3v) is 16.6. The third-order valence-electron chi connectivity index (χ3n) is 16.6. The van der Waals surface area contributed by atoms with Gasteiger partial charge in [-0.05, 0) is 51.4 Å². The smallest absolute Gasteiger partial charge is 0.305 e. The molecule has 0 aliphatic heterocycles. The lowest BCUT2D eigenvalue weighted by atomic mass is 10.0. The molecule has 452 valence electrons. The Kier molecular flexibility index (Phi) is 64.9. The first-order chi connectivity index (χ1) is 37.5. The van der Waals surface area contributed by atoms with E-state index in [1.54, 1.807) is 0 Å². The number of aliphatic hydroxyl groups excluding tert-OH is 2. The van der Waals surface area contributed by atoms with Crippen LogP contribution in [0.15, 0.2) is 12.2 Å². The molecule has 0 aromatic heterocycles. The van der Waals surface area contributed by atoms with Crippen LogP contribution in [0.3, 0.4) is 0 Å². The predicted octanol–water partition coefficient (Wildman–Crippen LogP) is 22.4. The Balaban J connectivity index is 3.39. The molecular weight excluding hydrogens is 935 g/mol. The highest BCUT2D eigenvalue weighted by molar-refractivity contribution is 5.76. The molecule has 6 nitrogen and oxygen atoms in total. The molecule has 76 heavy (non-hydrogen) atoms. The number of allylic oxidation sites excluding steroid dienone is 2. The molecule has 0 saturated carbocycles. The molecule has 6 heteroatoms. The van der Waals surface area contributed by atoms with E-state index in [1.165, 1.54) is 321 Å². The summed E-state index contributed by atoms with van der Waals surface area (Å²) >= 11 is 0. The first kappa shape index (κ1) is 74.6. The first-order valence-corrected chi connectivity index (χ1v) is 34.9. The highest BCUT2D eigenvalue weighted by Crippen LogP contribution is 2.19. The van der Waals surface area contributed by atoms with E-state index >= 15 is 0 Å². The van der Waals surface area contributed by atoms with Crippen LogP contribution >= 0.6 is 0 Å². The van der Waals surface area contributed by atoms with Gasteiger partial charge in [0.15, 0.2) is 0 Å². The fraction of sp³-hybridized carbons (Fsp3) is 0.943. The Morgan fingerprint density at radius 2 is 0.618 bits per heavy atom. The van der Waals surface area contributed by atoms with E-state index in [2.05, 4.69) is 31.3 Å². The number of amides is 1. The summed E-state index contributed by atoms with van der Waals surface area (Å²) in [5, 5.41) is 23.4. The number of hydrogen-bond acceptors (Lipinski definition) is 5. The molecule has 3 N–H and O–H groups in total. The van der Waals surface area contributed by atoms with E-state index in [1.807, 2.05) is 0 Å². The Morgan fingerprint density at radius 1 is 0.355 bits per heavy atom. The van der Waals surface area contributed by atoms with Gasteiger partial charge in [0.05, 0.1) is 25.4 Å². The summed E-state index contributed by atoms with van der Waals surface area (Å²) in [6.07, 6.45) is 81.0. The van der Waals surface area contributed by atoms with Gasteiger partial charge in [-0.2, -0.15) is 0 Å². The first-order valence-electron chi connectivity index (χ1n) is 34.9. The number of hydrogen-bond donors (Lipinski definition) is 3. The highest BCUT2D eigenvalue weighted by Gasteiger charge is 2.20. The monoisotopic (exact) mass is 1070 g/mol. The lowest BCUT2D eigenvalue weighted by Gasteiger charge is -2.22. The zero-order chi connectivity index (χ0) is 55.0. The molecule has 0 heterocycles. The van der Waals surface area contributed by atoms with Crippen molar-refractivity contribution in [3.8, 4) is 0 Å². The summed E-state index contributed by atoms with van der Waals surface area (Å²) < 4.78 is 5.50. The van der Waals surface area contributed by atoms with Crippen LogP contribution in [0.5, 0.6) is 0 Å². The van der Waals surface area contributed by atoms with Crippen molar-refractivity contribution in [2.75, 3.05) is 13.2 Å². The average molecular weight is 1070 g/mol. The summed E-state index contributed by atoms with van der Waals surface area (Å²) in [5.41, 5.74) is 0. The summed E-state index contributed by atoms with van der Waals surface area (Å²) in [6, 6.07) is -0.545. The Hall–Kier alpha value is -1.40. The van der Waals surface area contributed by atoms with Crippen LogP contribution in [0.4, 0.5) is 0 Å². The van der Waals surface area contributed by atoms with Crippen molar-refractivity contribution in [2.24, 2.45) is 0 Å². The van der Waals surface area contributed by atoms with E-state index in [0.29, 0.717) is 25.9 Å². The molecule has 0 bridgehead atoms. The topological polar surface area (TPSA) is 95.9 Å². The van der Waals surface area contributed by atoms with Gasteiger partial charge in [0.1, 0.15) is 0 Å². The zero-order valence-corrected chi connectivity index (χ0v) is 51.8. The van der Waals surface area contributed by atoms with Gasteiger partial charge in [-0.3, -0.25) is 9.59 Å². The lowest BCUT2D eigenvalue weighted by Crippen LogP contribution is -2.45. The van der Waals surface area contributed by atoms with Gasteiger partial charge in [0.2, 0.25) is 5.91 Å². The summed E-state index contributed by atoms with van der Waals surface area (Å²) in [6.45, 7) is 4.98. The van der Waals surface area contributed by atoms with Crippen LogP contribution in [0, 0.1) is 0 Å². The maximum Gasteiger partial charge on any atom is 0.305 e. The van der Waals surface area contributed by atoms with Gasteiger partial charge >= 0.3 is 5.97 Å². The SMILES string of the molecule is CCCCCCCCC/C=C\CCCCCCCCCC(=O)OCCCCCCCCCCCCCCCCCCCCC(=O)NC(CO)C(O)CCCCCCCCCCCCCCCCCCCCCCCCC. The quantitative estimate of drug-likeness (QED) is 0.0320. The molecule has 0 rings (SSSR count). The predicted molar refractivity (Wildman–Crippen MR) is 333 cm³/mol. The minimum Gasteiger partial charge on any atom is -0.466 e. The van der Waals surface area contributed by atoms with Crippen LogP contribution in [-0.4, -0.2) is 47.4 Å². The standard InChI is InChI=1S/C70H137NO5/c1-3-5-7-9-11-13-15-17-19-21-23-24-25-26-27-30-34-38-42-46-50-54-58-62-68(73)67(66-72)71-69(74)63-59-55-51-47-43-39-35-31-28-29-33-37-41-45-49-53-57-61-65-76-70(75)64-60-56-52-48-44-40-36-32-22-20-18-16-14-12-10-8-6-4-2/h20,22,67-68,72-73H,3-19,21,23-66H2,1-2H3,(H,71,74)/b22-20-. The Labute approximate surface area is 476 Å². The van der Waals surface area contributed by atoms with Crippen LogP contribution in [0.1, 0.15) is 399 Å². The van der Waals surface area contributed by atoms with Gasteiger partial charge in [-0.15, -0.1) is 0 Å². The minimum absolute atomic E-state index is 0.00596. The summed E-state index contributed by atoms with van der Waals surface area (Å²) in [4.78, 5) is 24.7. The second-order valence-corrected chi connectivity index (χ2v) is 24.2. The van der Waals surface area contributed by atoms with Crippen molar-refractivity contribution < 1.29 is 24.5 Å². The molecule has 1 amide bonds. The Morgan fingerprint density at radius 3 is 0.934 bits per heavy atom. The summed E-state index contributed by atoms with van der Waals surface area (Å²) in [7, 11) is 0. The largest absolute Gasteiger partial charge is 0.466 e. The second kappa shape index (κ2) is 66.1. The van der Waals surface area contributed by atoms with E-state index in [-0.39, 0.29) is 18.5 Å². The van der Waals surface area contributed by atoms with Crippen molar-refractivity contribution in [1.82, 2.24) is 5.32 Å². The maximum absolute atomic E-state index is 12.5. The van der Waals surface area contributed by atoms with Crippen LogP contribution in [0.25, 0.3) is 0 Å². The fourth-order valence-corrected chi connectivity index (χ4v) is 11.2. The molecule has 0 fully saturated rings. The van der Waals surface area contributed by atoms with Crippen LogP contribution in [-0.2, 0) is 14.3 Å². The molecule has 0 spiro atoms. The molecule has 0 aromatic rings. The summed E-state index contributed by atoms with van der Waals surface area (Å²) in [5.74, 6) is -0.0280. The highest BCUT2D eigenvalue weighted by atomic mass is 16.5. The molecule has 0 radical (unpaired) electrons. The van der Waals surface area contributed by atoms with Gasteiger partial charge < -0.3 is 20.3 Å². The Bertz CT molecular complexity index is 1140. The van der Waals surface area contributed by atoms with Crippen LogP contribution < -0.4 is 5.32 Å². The van der Waals surface area contributed by atoms with Crippen LogP contribution in [0.2, 0.25) is 0 Å². The number of aliphatic hydroxyl groups is 2. The molecule has 0 aliphatic rings. The number of esters is 1. The van der Waals surface area contributed by atoms with Crippen molar-refractivity contribution in [1.29, 1.82) is 0 Å². The number of ether oxygens (including phenoxy) is 1. The minimum atomic E-state index is -0.668. The third kappa shape index (κ3) is 61.8. The maximum atomic E-state index is 12.5. The number of unbranched alkanes of at least 4 members (excludes halogenated alkanes) is 53. The average Bonchev–Trinajstić information content (AvgIpc) is 3.42. The van der Waals surface area contributed by atoms with Gasteiger partial charge in [-0.1, -0.05) is 347 Å². The number of carbonyl (C=O) groups excluding carboxylic acids is 2. The molecular formula is C70H137NO5. The van der Waals surface area contributed by atoms with Crippen molar-refractivity contribution in [2.45, 2.75) is 411 Å². The second-order valence-electron chi connectivity index (χ2n) is 24.2. The van der Waals surface area contributed by atoms with Crippen molar-refractivity contribution >= 4 is 11.9 Å². The number of nitrogens with one attached hydrogen (secondary N) is 1. The number of rotatable bonds is 66. The molecule has 0 aromatic carbocycles. The van der Waals surface area contributed by atoms with E-state index in [4.69, 9.17) is 4.74 Å². The van der Waals surface area contributed by atoms with Crippen molar-refractivity contribution in [3.63, 3.8) is 0 Å². The number of carbonyl (C=O) groups is 2. The zero-order valence-electron chi connectivity index (χ0n) is 51.8. The molecule has 0 saturated heterocycles. The lowest BCUT2D eigenvalue weighted by molar-refractivity contribution is -0.143. The molecule has 2 atom stereocenters. The van der Waals surface area contributed by atoms with E-state index in [0.717, 1.165) is 44.9 Å². The van der Waals surface area contributed by atoms with Crippen molar-refractivity contribution in [3.05, 3.63) is 12.2 Å². The van der Waals surface area contributed by atoms with Gasteiger partial charge in [0, 0.05) is 12.8 Å².